The largest absolute Gasteiger partial charge is 0.354 e. The number of unbranched alkanes of at least 4 members (excludes halogenated alkanes) is 1. The zero-order valence-corrected chi connectivity index (χ0v) is 17.3. The molecule has 1 aliphatic heterocycles. The minimum Gasteiger partial charge on any atom is -0.271 e. The SMILES string of the molecule is CCCCC1(C#CCCc2ccccc2)c2cc3ccc(F)cc3n2C(=O)N1OC. The Labute approximate surface area is 176 Å². The number of fused-ring (bicyclic) bond motifs is 3. The van der Waals surface area contributed by atoms with Crippen LogP contribution in [0.4, 0.5) is 9.18 Å². The second-order valence-corrected chi connectivity index (χ2v) is 7.58. The minimum atomic E-state index is -0.881. The van der Waals surface area contributed by atoms with Gasteiger partial charge in [-0.15, -0.1) is 0 Å². The fourth-order valence-corrected chi connectivity index (χ4v) is 4.18. The molecule has 30 heavy (non-hydrogen) atoms. The van der Waals surface area contributed by atoms with Gasteiger partial charge in [-0.1, -0.05) is 55.5 Å². The van der Waals surface area contributed by atoms with E-state index in [4.69, 9.17) is 4.84 Å². The number of amides is 1. The molecule has 1 atom stereocenters. The van der Waals surface area contributed by atoms with E-state index in [9.17, 15) is 9.18 Å². The summed E-state index contributed by atoms with van der Waals surface area (Å²) < 4.78 is 15.4. The first kappa shape index (κ1) is 20.2. The Morgan fingerprint density at radius 1 is 1.13 bits per heavy atom. The molecule has 1 amide bonds. The van der Waals surface area contributed by atoms with Gasteiger partial charge in [0.2, 0.25) is 0 Å². The van der Waals surface area contributed by atoms with E-state index in [1.807, 2.05) is 24.3 Å². The van der Waals surface area contributed by atoms with E-state index in [-0.39, 0.29) is 11.8 Å². The van der Waals surface area contributed by atoms with E-state index in [0.29, 0.717) is 18.4 Å². The first-order chi connectivity index (χ1) is 14.6. The Bertz CT molecular complexity index is 1130. The van der Waals surface area contributed by atoms with Crippen LogP contribution in [0, 0.1) is 17.7 Å². The molecule has 3 aromatic rings. The highest BCUT2D eigenvalue weighted by atomic mass is 19.1. The van der Waals surface area contributed by atoms with Crippen LogP contribution in [0.2, 0.25) is 0 Å². The summed E-state index contributed by atoms with van der Waals surface area (Å²) in [5.41, 5.74) is 1.64. The van der Waals surface area contributed by atoms with Gasteiger partial charge in [-0.3, -0.25) is 9.40 Å². The van der Waals surface area contributed by atoms with Crippen molar-refractivity contribution in [2.24, 2.45) is 0 Å². The first-order valence-electron chi connectivity index (χ1n) is 10.3. The third-order valence-electron chi connectivity index (χ3n) is 5.65. The molecule has 0 spiro atoms. The number of hydrogen-bond acceptors (Lipinski definition) is 2. The highest BCUT2D eigenvalue weighted by molar-refractivity contribution is 5.96. The highest BCUT2D eigenvalue weighted by Crippen LogP contribution is 2.43. The number of carbonyl (C=O) groups is 1. The zero-order valence-electron chi connectivity index (χ0n) is 17.3. The van der Waals surface area contributed by atoms with Gasteiger partial charge in [0.1, 0.15) is 5.82 Å². The van der Waals surface area contributed by atoms with Gasteiger partial charge in [0.15, 0.2) is 5.54 Å². The number of hydroxylamine groups is 2. The molecule has 154 valence electrons. The molecule has 0 saturated heterocycles. The summed E-state index contributed by atoms with van der Waals surface area (Å²) in [5, 5.41) is 2.18. The third kappa shape index (κ3) is 3.38. The number of benzene rings is 2. The zero-order chi connectivity index (χ0) is 21.1. The molecule has 4 nitrogen and oxygen atoms in total. The van der Waals surface area contributed by atoms with E-state index < -0.39 is 5.54 Å². The predicted octanol–water partition coefficient (Wildman–Crippen LogP) is 5.65. The number of aryl methyl sites for hydroxylation is 1. The van der Waals surface area contributed by atoms with Crippen molar-refractivity contribution < 1.29 is 14.0 Å². The van der Waals surface area contributed by atoms with E-state index >= 15 is 0 Å². The van der Waals surface area contributed by atoms with Crippen LogP contribution in [0.3, 0.4) is 0 Å². The van der Waals surface area contributed by atoms with Crippen molar-refractivity contribution in [3.8, 4) is 11.8 Å². The maximum atomic E-state index is 13.9. The summed E-state index contributed by atoms with van der Waals surface area (Å²) in [5.74, 6) is 6.30. The van der Waals surface area contributed by atoms with Gasteiger partial charge in [0.25, 0.3) is 0 Å². The minimum absolute atomic E-state index is 0.332. The molecular weight excluding hydrogens is 379 g/mol. The number of hydrogen-bond donors (Lipinski definition) is 0. The number of nitrogens with zero attached hydrogens (tertiary/aromatic N) is 2. The van der Waals surface area contributed by atoms with E-state index in [1.165, 1.54) is 29.9 Å². The Balaban J connectivity index is 1.77. The third-order valence-corrected chi connectivity index (χ3v) is 5.65. The summed E-state index contributed by atoms with van der Waals surface area (Å²) in [7, 11) is 1.49. The second-order valence-electron chi connectivity index (χ2n) is 7.58. The van der Waals surface area contributed by atoms with Crippen LogP contribution >= 0.6 is 0 Å². The number of rotatable bonds is 6. The van der Waals surface area contributed by atoms with Crippen molar-refractivity contribution in [2.45, 2.75) is 44.6 Å². The van der Waals surface area contributed by atoms with Gasteiger partial charge < -0.3 is 0 Å². The van der Waals surface area contributed by atoms with Crippen LogP contribution in [0.25, 0.3) is 10.9 Å². The average Bonchev–Trinajstić information content (AvgIpc) is 3.24. The molecule has 0 aliphatic carbocycles. The van der Waals surface area contributed by atoms with E-state index in [0.717, 1.165) is 30.3 Å². The van der Waals surface area contributed by atoms with Crippen molar-refractivity contribution in [1.82, 2.24) is 9.63 Å². The first-order valence-corrected chi connectivity index (χ1v) is 10.3. The monoisotopic (exact) mass is 404 g/mol. The molecule has 0 fully saturated rings. The van der Waals surface area contributed by atoms with Crippen molar-refractivity contribution >= 4 is 16.9 Å². The summed E-state index contributed by atoms with van der Waals surface area (Å²) in [6.07, 6.45) is 4.02. The van der Waals surface area contributed by atoms with Crippen molar-refractivity contribution in [3.63, 3.8) is 0 Å². The van der Waals surface area contributed by atoms with Crippen molar-refractivity contribution in [1.29, 1.82) is 0 Å². The standard InChI is InChI=1S/C25H25FN2O2/c1-3-4-15-25(16-9-8-12-19-10-6-5-7-11-19)23-17-20-13-14-21(26)18-22(20)27(23)24(29)28(25)30-2/h5-7,10-11,13-14,17-18H,3-4,8,12,15H2,1-2H3. The second kappa shape index (κ2) is 8.33. The Kier molecular flexibility index (Phi) is 5.61. The van der Waals surface area contributed by atoms with Crippen LogP contribution in [-0.2, 0) is 16.8 Å². The summed E-state index contributed by atoms with van der Waals surface area (Å²) in [4.78, 5) is 18.8. The molecule has 2 aromatic carbocycles. The van der Waals surface area contributed by atoms with E-state index in [2.05, 4.69) is 30.9 Å². The van der Waals surface area contributed by atoms with Gasteiger partial charge in [0, 0.05) is 11.8 Å². The molecule has 1 aromatic heterocycles. The Morgan fingerprint density at radius 3 is 2.67 bits per heavy atom. The fourth-order valence-electron chi connectivity index (χ4n) is 4.18. The quantitative estimate of drug-likeness (QED) is 0.498. The molecule has 1 unspecified atom stereocenters. The smallest absolute Gasteiger partial charge is 0.271 e. The lowest BCUT2D eigenvalue weighted by molar-refractivity contribution is -0.134. The summed E-state index contributed by atoms with van der Waals surface area (Å²) >= 11 is 0. The van der Waals surface area contributed by atoms with Gasteiger partial charge in [-0.2, -0.15) is 5.06 Å². The summed E-state index contributed by atoms with van der Waals surface area (Å²) in [6, 6.07) is 16.3. The fraction of sp³-hybridized carbons (Fsp3) is 0.320. The molecule has 0 radical (unpaired) electrons. The normalized spacial score (nSPS) is 17.8. The molecule has 1 aliphatic rings. The van der Waals surface area contributed by atoms with Crippen LogP contribution < -0.4 is 0 Å². The van der Waals surface area contributed by atoms with Crippen LogP contribution in [0.5, 0.6) is 0 Å². The predicted molar refractivity (Wildman–Crippen MR) is 115 cm³/mol. The molecule has 0 N–H and O–H groups in total. The van der Waals surface area contributed by atoms with Crippen LogP contribution in [-0.4, -0.2) is 22.8 Å². The van der Waals surface area contributed by atoms with Crippen molar-refractivity contribution in [2.75, 3.05) is 7.11 Å². The van der Waals surface area contributed by atoms with Gasteiger partial charge >= 0.3 is 6.03 Å². The lowest BCUT2D eigenvalue weighted by Gasteiger charge is -2.31. The van der Waals surface area contributed by atoms with Gasteiger partial charge in [-0.25, -0.2) is 9.18 Å². The van der Waals surface area contributed by atoms with Crippen molar-refractivity contribution in [3.05, 3.63) is 71.7 Å². The van der Waals surface area contributed by atoms with Crippen LogP contribution in [0.1, 0.15) is 43.9 Å². The molecule has 5 heteroatoms. The van der Waals surface area contributed by atoms with Gasteiger partial charge in [0.05, 0.1) is 18.3 Å². The Morgan fingerprint density at radius 2 is 1.93 bits per heavy atom. The number of carbonyl (C=O) groups excluding carboxylic acids is 1. The molecule has 2 heterocycles. The summed E-state index contributed by atoms with van der Waals surface area (Å²) in [6.45, 7) is 2.11. The number of aromatic nitrogens is 1. The maximum Gasteiger partial charge on any atom is 0.354 e. The van der Waals surface area contributed by atoms with Crippen LogP contribution in [0.15, 0.2) is 54.6 Å². The molecule has 0 bridgehead atoms. The number of halogens is 1. The van der Waals surface area contributed by atoms with Gasteiger partial charge in [-0.05, 0) is 49.1 Å². The topological polar surface area (TPSA) is 34.5 Å². The van der Waals surface area contributed by atoms with E-state index in [1.54, 1.807) is 10.6 Å². The lowest BCUT2D eigenvalue weighted by atomic mass is 9.89. The molecular formula is C25H25FN2O2. The molecule has 4 rings (SSSR count). The average molecular weight is 404 g/mol. The maximum absolute atomic E-state index is 13.9. The lowest BCUT2D eigenvalue weighted by Crippen LogP contribution is -2.42. The highest BCUT2D eigenvalue weighted by Gasteiger charge is 2.50. The molecule has 0 saturated carbocycles. The Hall–Kier alpha value is -3.10.